The highest BCUT2D eigenvalue weighted by Crippen LogP contribution is 2.27. The predicted molar refractivity (Wildman–Crippen MR) is 59.7 cm³/mol. The number of anilines is 1. The van der Waals surface area contributed by atoms with Gasteiger partial charge in [0.05, 0.1) is 11.7 Å². The van der Waals surface area contributed by atoms with Crippen LogP contribution in [0.5, 0.6) is 0 Å². The molecule has 0 aliphatic carbocycles. The molecule has 0 spiro atoms. The Balaban J connectivity index is 2.25. The monoisotopic (exact) mass is 206 g/mol. The molecule has 15 heavy (non-hydrogen) atoms. The molecular formula is C10H15BN2O2. The molecule has 2 rings (SSSR count). The summed E-state index contributed by atoms with van der Waals surface area (Å²) in [7, 11) is -0.399. The first kappa shape index (κ1) is 10.5. The van der Waals surface area contributed by atoms with Crippen LogP contribution in [0.3, 0.4) is 0 Å². The Morgan fingerprint density at radius 2 is 2.27 bits per heavy atom. The van der Waals surface area contributed by atoms with Gasteiger partial charge in [0.2, 0.25) is 0 Å². The molecule has 1 unspecified atom stereocenters. The summed E-state index contributed by atoms with van der Waals surface area (Å²) in [5, 5.41) is 0. The van der Waals surface area contributed by atoms with E-state index in [4.69, 9.17) is 15.0 Å². The lowest BCUT2D eigenvalue weighted by molar-refractivity contribution is 0.0842. The summed E-state index contributed by atoms with van der Waals surface area (Å²) in [5.41, 5.74) is 6.28. The fourth-order valence-electron chi connectivity index (χ4n) is 1.51. The third kappa shape index (κ3) is 1.85. The van der Waals surface area contributed by atoms with E-state index in [1.54, 1.807) is 6.20 Å². The van der Waals surface area contributed by atoms with Gasteiger partial charge in [-0.1, -0.05) is 6.07 Å². The molecule has 1 atom stereocenters. The predicted octanol–water partition coefficient (Wildman–Crippen LogP) is 0.573. The Morgan fingerprint density at radius 1 is 1.53 bits per heavy atom. The van der Waals surface area contributed by atoms with E-state index in [9.17, 15) is 0 Å². The number of nitrogens with two attached hydrogens (primary N) is 1. The third-order valence-electron chi connectivity index (χ3n) is 2.84. The average molecular weight is 206 g/mol. The van der Waals surface area contributed by atoms with Gasteiger partial charge in [0.15, 0.2) is 0 Å². The minimum atomic E-state index is -0.399. The Kier molecular flexibility index (Phi) is 2.44. The van der Waals surface area contributed by atoms with Crippen LogP contribution in [0.15, 0.2) is 18.3 Å². The molecule has 1 aliphatic rings. The Hall–Kier alpha value is -1.07. The Bertz CT molecular complexity index is 370. The largest absolute Gasteiger partial charge is 0.498 e. The molecular weight excluding hydrogens is 191 g/mol. The summed E-state index contributed by atoms with van der Waals surface area (Å²) in [4.78, 5) is 4.01. The smallest absolute Gasteiger partial charge is 0.402 e. The van der Waals surface area contributed by atoms with Crippen molar-refractivity contribution in [2.45, 2.75) is 32.5 Å². The van der Waals surface area contributed by atoms with E-state index < -0.39 is 7.12 Å². The zero-order valence-electron chi connectivity index (χ0n) is 9.23. The molecule has 1 fully saturated rings. The summed E-state index contributed by atoms with van der Waals surface area (Å²) in [6, 6.07) is 3.70. The van der Waals surface area contributed by atoms with Crippen LogP contribution in [-0.2, 0) is 9.31 Å². The van der Waals surface area contributed by atoms with Crippen LogP contribution >= 0.6 is 0 Å². The van der Waals surface area contributed by atoms with Crippen LogP contribution in [0, 0.1) is 0 Å². The summed E-state index contributed by atoms with van der Waals surface area (Å²) in [6.07, 6.45) is 1.70. The van der Waals surface area contributed by atoms with Crippen LogP contribution < -0.4 is 11.2 Å². The second-order valence-electron chi connectivity index (χ2n) is 4.31. The highest BCUT2D eigenvalue weighted by molar-refractivity contribution is 6.63. The highest BCUT2D eigenvalue weighted by Gasteiger charge is 2.44. The van der Waals surface area contributed by atoms with Crippen LogP contribution in [-0.4, -0.2) is 23.8 Å². The number of rotatable bonds is 1. The SMILES string of the molecule is CC1OB(c2cccnc2N)OC1(C)C. The summed E-state index contributed by atoms with van der Waals surface area (Å²) < 4.78 is 11.5. The van der Waals surface area contributed by atoms with Gasteiger partial charge in [0.1, 0.15) is 5.82 Å². The lowest BCUT2D eigenvalue weighted by Crippen LogP contribution is -2.36. The zero-order chi connectivity index (χ0) is 11.1. The van der Waals surface area contributed by atoms with Gasteiger partial charge in [-0.2, -0.15) is 0 Å². The maximum atomic E-state index is 5.79. The van der Waals surface area contributed by atoms with Crippen molar-refractivity contribution in [1.82, 2.24) is 4.98 Å². The Labute approximate surface area is 89.9 Å². The molecule has 4 nitrogen and oxygen atoms in total. The van der Waals surface area contributed by atoms with E-state index in [1.165, 1.54) is 0 Å². The molecule has 5 heteroatoms. The first-order valence-electron chi connectivity index (χ1n) is 5.04. The van der Waals surface area contributed by atoms with Crippen molar-refractivity contribution in [2.24, 2.45) is 0 Å². The second kappa shape index (κ2) is 3.50. The molecule has 1 aromatic heterocycles. The molecule has 80 valence electrons. The molecule has 2 heterocycles. The van der Waals surface area contributed by atoms with E-state index in [0.717, 1.165) is 5.46 Å². The maximum Gasteiger partial charge on any atom is 0.498 e. The van der Waals surface area contributed by atoms with Gasteiger partial charge in [-0.05, 0) is 26.8 Å². The first-order valence-corrected chi connectivity index (χ1v) is 5.04. The fraction of sp³-hybridized carbons (Fsp3) is 0.500. The van der Waals surface area contributed by atoms with E-state index in [-0.39, 0.29) is 11.7 Å². The minimum Gasteiger partial charge on any atom is -0.402 e. The van der Waals surface area contributed by atoms with Crippen LogP contribution in [0.2, 0.25) is 0 Å². The van der Waals surface area contributed by atoms with E-state index in [1.807, 2.05) is 32.9 Å². The standard InChI is InChI=1S/C10H15BN2O2/c1-7-10(2,3)15-11(14-7)8-5-4-6-13-9(8)12/h4-7H,1-3H3,(H2,12,13). The van der Waals surface area contributed by atoms with Crippen molar-refractivity contribution in [3.8, 4) is 0 Å². The van der Waals surface area contributed by atoms with E-state index in [2.05, 4.69) is 4.98 Å². The zero-order valence-corrected chi connectivity index (χ0v) is 9.23. The number of aromatic nitrogens is 1. The number of pyridine rings is 1. The lowest BCUT2D eigenvalue weighted by atomic mass is 9.79. The molecule has 0 amide bonds. The van der Waals surface area contributed by atoms with Gasteiger partial charge in [-0.15, -0.1) is 0 Å². The molecule has 0 radical (unpaired) electrons. The maximum absolute atomic E-state index is 5.79. The topological polar surface area (TPSA) is 57.4 Å². The summed E-state index contributed by atoms with van der Waals surface area (Å²) in [6.45, 7) is 6.00. The lowest BCUT2D eigenvalue weighted by Gasteiger charge is -2.21. The van der Waals surface area contributed by atoms with Crippen molar-refractivity contribution in [1.29, 1.82) is 0 Å². The second-order valence-corrected chi connectivity index (χ2v) is 4.31. The molecule has 0 aromatic carbocycles. The van der Waals surface area contributed by atoms with Crippen LogP contribution in [0.25, 0.3) is 0 Å². The van der Waals surface area contributed by atoms with Gasteiger partial charge in [0.25, 0.3) is 0 Å². The highest BCUT2D eigenvalue weighted by atomic mass is 16.7. The van der Waals surface area contributed by atoms with Gasteiger partial charge < -0.3 is 15.0 Å². The normalized spacial score (nSPS) is 24.5. The molecule has 2 N–H and O–H groups in total. The van der Waals surface area contributed by atoms with Gasteiger partial charge in [-0.3, -0.25) is 0 Å². The third-order valence-corrected chi connectivity index (χ3v) is 2.84. The molecule has 1 aliphatic heterocycles. The van der Waals surface area contributed by atoms with E-state index in [0.29, 0.717) is 5.82 Å². The summed E-state index contributed by atoms with van der Waals surface area (Å²) in [5.74, 6) is 0.465. The minimum absolute atomic E-state index is 0.0436. The van der Waals surface area contributed by atoms with Gasteiger partial charge in [0, 0.05) is 11.7 Å². The molecule has 0 saturated carbocycles. The van der Waals surface area contributed by atoms with Crippen LogP contribution in [0.4, 0.5) is 5.82 Å². The molecule has 1 saturated heterocycles. The number of nitrogens with zero attached hydrogens (tertiary/aromatic N) is 1. The van der Waals surface area contributed by atoms with Crippen molar-refractivity contribution in [3.63, 3.8) is 0 Å². The Morgan fingerprint density at radius 3 is 2.80 bits per heavy atom. The van der Waals surface area contributed by atoms with Gasteiger partial charge in [-0.25, -0.2) is 4.98 Å². The van der Waals surface area contributed by atoms with Crippen molar-refractivity contribution >= 4 is 18.4 Å². The van der Waals surface area contributed by atoms with Gasteiger partial charge >= 0.3 is 7.12 Å². The average Bonchev–Trinajstić information content (AvgIpc) is 2.42. The number of nitrogen functional groups attached to an aromatic ring is 1. The van der Waals surface area contributed by atoms with Crippen molar-refractivity contribution < 1.29 is 9.31 Å². The molecule has 1 aromatic rings. The van der Waals surface area contributed by atoms with E-state index >= 15 is 0 Å². The summed E-state index contributed by atoms with van der Waals surface area (Å²) >= 11 is 0. The number of hydrogen-bond acceptors (Lipinski definition) is 4. The number of hydrogen-bond donors (Lipinski definition) is 1. The molecule has 0 bridgehead atoms. The quantitative estimate of drug-likeness (QED) is 0.682. The van der Waals surface area contributed by atoms with Crippen molar-refractivity contribution in [2.75, 3.05) is 5.73 Å². The van der Waals surface area contributed by atoms with Crippen LogP contribution in [0.1, 0.15) is 20.8 Å². The first-order chi connectivity index (χ1) is 7.00. The van der Waals surface area contributed by atoms with Crippen molar-refractivity contribution in [3.05, 3.63) is 18.3 Å². The fourth-order valence-corrected chi connectivity index (χ4v) is 1.51.